The first-order valence-corrected chi connectivity index (χ1v) is 9.65. The minimum atomic E-state index is -0.651. The van der Waals surface area contributed by atoms with Gasteiger partial charge in [0, 0.05) is 43.4 Å². The number of hydrogen-bond acceptors (Lipinski definition) is 6. The molecule has 2 amide bonds. The molecule has 0 unspecified atom stereocenters. The maximum absolute atomic E-state index is 12.5. The molecule has 1 aliphatic rings. The maximum Gasteiger partial charge on any atom is 0.338 e. The molecule has 158 valence electrons. The summed E-state index contributed by atoms with van der Waals surface area (Å²) in [6.45, 7) is 4.54. The highest BCUT2D eigenvalue weighted by molar-refractivity contribution is 6.19. The second-order valence-corrected chi connectivity index (χ2v) is 7.10. The number of ketones is 1. The molecule has 0 saturated carbocycles. The Morgan fingerprint density at radius 2 is 1.67 bits per heavy atom. The highest BCUT2D eigenvalue weighted by Crippen LogP contribution is 2.23. The number of nitrogens with zero attached hydrogens (tertiary/aromatic N) is 2. The number of imide groups is 1. The molecule has 1 saturated heterocycles. The molecule has 3 rings (SSSR count). The van der Waals surface area contributed by atoms with Gasteiger partial charge in [-0.15, -0.1) is 0 Å². The molecule has 1 aliphatic heterocycles. The van der Waals surface area contributed by atoms with Gasteiger partial charge < -0.3 is 14.0 Å². The highest BCUT2D eigenvalue weighted by Gasteiger charge is 2.30. The van der Waals surface area contributed by atoms with Gasteiger partial charge in [0.15, 0.2) is 6.61 Å². The summed E-state index contributed by atoms with van der Waals surface area (Å²) in [5.74, 6) is -1.46. The fraction of sp³-hybridized carbons (Fsp3) is 0.364. The number of hydrogen-bond donors (Lipinski definition) is 0. The predicted octanol–water partition coefficient (Wildman–Crippen LogP) is 2.44. The number of aromatic nitrogens is 1. The quantitative estimate of drug-likeness (QED) is 0.376. The number of methoxy groups -OCH3 is 1. The van der Waals surface area contributed by atoms with E-state index in [0.717, 1.165) is 16.3 Å². The van der Waals surface area contributed by atoms with Crippen LogP contribution in [-0.4, -0.2) is 48.5 Å². The van der Waals surface area contributed by atoms with Gasteiger partial charge in [0.05, 0.1) is 17.9 Å². The molecule has 1 aromatic heterocycles. The zero-order valence-electron chi connectivity index (χ0n) is 17.3. The van der Waals surface area contributed by atoms with Crippen LogP contribution >= 0.6 is 0 Å². The topological polar surface area (TPSA) is 94.9 Å². The van der Waals surface area contributed by atoms with Crippen molar-refractivity contribution in [2.24, 2.45) is 0 Å². The van der Waals surface area contributed by atoms with E-state index >= 15 is 0 Å². The van der Waals surface area contributed by atoms with Crippen LogP contribution in [0.15, 0.2) is 30.3 Å². The SMILES string of the molecule is COCCn1c(C)cc(C(=O)COC(=O)c2ccc(N3C(=O)CCC3=O)cc2)c1C. The second-order valence-electron chi connectivity index (χ2n) is 7.10. The lowest BCUT2D eigenvalue weighted by Gasteiger charge is -2.14. The first-order chi connectivity index (χ1) is 14.3. The van der Waals surface area contributed by atoms with Gasteiger partial charge in [0.2, 0.25) is 17.6 Å². The van der Waals surface area contributed by atoms with Crippen molar-refractivity contribution in [2.75, 3.05) is 25.2 Å². The predicted molar refractivity (Wildman–Crippen MR) is 109 cm³/mol. The highest BCUT2D eigenvalue weighted by atomic mass is 16.5. The van der Waals surface area contributed by atoms with Crippen LogP contribution in [0, 0.1) is 13.8 Å². The Balaban J connectivity index is 1.62. The van der Waals surface area contributed by atoms with E-state index in [1.165, 1.54) is 24.3 Å². The average Bonchev–Trinajstić information content (AvgIpc) is 3.22. The average molecular weight is 412 g/mol. The molecule has 2 heterocycles. The first-order valence-electron chi connectivity index (χ1n) is 9.65. The summed E-state index contributed by atoms with van der Waals surface area (Å²) < 4.78 is 12.2. The molecule has 8 heteroatoms. The number of rotatable bonds is 8. The molecule has 0 bridgehead atoms. The molecular formula is C22H24N2O6. The van der Waals surface area contributed by atoms with E-state index in [2.05, 4.69) is 0 Å². The Bertz CT molecular complexity index is 974. The summed E-state index contributed by atoms with van der Waals surface area (Å²) in [6, 6.07) is 7.75. The summed E-state index contributed by atoms with van der Waals surface area (Å²) in [7, 11) is 1.62. The summed E-state index contributed by atoms with van der Waals surface area (Å²) in [5.41, 5.74) is 2.89. The zero-order valence-corrected chi connectivity index (χ0v) is 17.3. The van der Waals surface area contributed by atoms with E-state index in [1.807, 2.05) is 18.4 Å². The second kappa shape index (κ2) is 9.04. The molecule has 30 heavy (non-hydrogen) atoms. The number of carbonyl (C=O) groups is 4. The third-order valence-corrected chi connectivity index (χ3v) is 5.14. The van der Waals surface area contributed by atoms with Gasteiger partial charge in [-0.3, -0.25) is 19.3 Å². The lowest BCUT2D eigenvalue weighted by molar-refractivity contribution is -0.121. The van der Waals surface area contributed by atoms with E-state index in [4.69, 9.17) is 9.47 Å². The Hall–Kier alpha value is -3.26. The van der Waals surface area contributed by atoms with Gasteiger partial charge in [-0.2, -0.15) is 0 Å². The zero-order chi connectivity index (χ0) is 21.8. The van der Waals surface area contributed by atoms with Crippen molar-refractivity contribution < 1.29 is 28.7 Å². The monoisotopic (exact) mass is 412 g/mol. The Morgan fingerprint density at radius 3 is 2.27 bits per heavy atom. The summed E-state index contributed by atoms with van der Waals surface area (Å²) >= 11 is 0. The molecule has 2 aromatic rings. The fourth-order valence-electron chi connectivity index (χ4n) is 3.51. The molecule has 0 atom stereocenters. The van der Waals surface area contributed by atoms with Crippen LogP contribution < -0.4 is 4.90 Å². The van der Waals surface area contributed by atoms with Crippen molar-refractivity contribution in [2.45, 2.75) is 33.2 Å². The Kier molecular flexibility index (Phi) is 6.47. The van der Waals surface area contributed by atoms with Crippen LogP contribution in [-0.2, 0) is 25.6 Å². The number of ether oxygens (including phenoxy) is 2. The van der Waals surface area contributed by atoms with Crippen LogP contribution in [0.3, 0.4) is 0 Å². The van der Waals surface area contributed by atoms with Gasteiger partial charge in [-0.1, -0.05) is 0 Å². The summed E-state index contributed by atoms with van der Waals surface area (Å²) in [5, 5.41) is 0. The smallest absolute Gasteiger partial charge is 0.338 e. The van der Waals surface area contributed by atoms with Crippen molar-refractivity contribution in [1.29, 1.82) is 0 Å². The van der Waals surface area contributed by atoms with Gasteiger partial charge >= 0.3 is 5.97 Å². The number of aryl methyl sites for hydroxylation is 1. The molecule has 0 aliphatic carbocycles. The van der Waals surface area contributed by atoms with E-state index in [-0.39, 0.29) is 42.6 Å². The molecule has 8 nitrogen and oxygen atoms in total. The number of esters is 1. The molecule has 0 N–H and O–H groups in total. The summed E-state index contributed by atoms with van der Waals surface area (Å²) in [6.07, 6.45) is 0.383. The first kappa shape index (κ1) is 21.4. The van der Waals surface area contributed by atoms with Crippen molar-refractivity contribution in [3.63, 3.8) is 0 Å². The van der Waals surface area contributed by atoms with E-state index in [0.29, 0.717) is 24.4 Å². The number of amides is 2. The lowest BCUT2D eigenvalue weighted by Crippen LogP contribution is -2.28. The number of carbonyl (C=O) groups excluding carboxylic acids is 4. The van der Waals surface area contributed by atoms with Crippen molar-refractivity contribution in [1.82, 2.24) is 4.57 Å². The molecular weight excluding hydrogens is 388 g/mol. The van der Waals surface area contributed by atoms with Crippen molar-refractivity contribution in [3.05, 3.63) is 52.8 Å². The minimum Gasteiger partial charge on any atom is -0.454 e. The van der Waals surface area contributed by atoms with Gasteiger partial charge in [0.25, 0.3) is 0 Å². The van der Waals surface area contributed by atoms with Crippen LogP contribution in [0.4, 0.5) is 5.69 Å². The summed E-state index contributed by atoms with van der Waals surface area (Å²) in [4.78, 5) is 49.5. The third-order valence-electron chi connectivity index (χ3n) is 5.14. The van der Waals surface area contributed by atoms with Crippen molar-refractivity contribution >= 4 is 29.3 Å². The van der Waals surface area contributed by atoms with E-state index in [1.54, 1.807) is 13.2 Å². The maximum atomic E-state index is 12.5. The molecule has 0 radical (unpaired) electrons. The van der Waals surface area contributed by atoms with Gasteiger partial charge in [-0.05, 0) is 44.2 Å². The normalized spacial score (nSPS) is 13.8. The van der Waals surface area contributed by atoms with Crippen LogP contribution in [0.1, 0.15) is 44.9 Å². The molecule has 0 spiro atoms. The van der Waals surface area contributed by atoms with Crippen LogP contribution in [0.25, 0.3) is 0 Å². The fourth-order valence-corrected chi connectivity index (χ4v) is 3.51. The van der Waals surface area contributed by atoms with Gasteiger partial charge in [-0.25, -0.2) is 4.79 Å². The third kappa shape index (κ3) is 4.33. The standard InChI is InChI=1S/C22H24N2O6/c1-14-12-18(15(2)23(14)10-11-29-3)19(25)13-30-22(28)16-4-6-17(7-5-16)24-20(26)8-9-21(24)27/h4-7,12H,8-11,13H2,1-3H3. The van der Waals surface area contributed by atoms with E-state index < -0.39 is 5.97 Å². The largest absolute Gasteiger partial charge is 0.454 e. The number of benzene rings is 1. The molecule has 1 fully saturated rings. The molecule has 1 aromatic carbocycles. The Labute approximate surface area is 174 Å². The number of anilines is 1. The Morgan fingerprint density at radius 1 is 1.03 bits per heavy atom. The van der Waals surface area contributed by atoms with Crippen LogP contribution in [0.2, 0.25) is 0 Å². The van der Waals surface area contributed by atoms with Gasteiger partial charge in [0.1, 0.15) is 0 Å². The lowest BCUT2D eigenvalue weighted by atomic mass is 10.1. The minimum absolute atomic E-state index is 0.191. The van der Waals surface area contributed by atoms with Crippen LogP contribution in [0.5, 0.6) is 0 Å². The van der Waals surface area contributed by atoms with Crippen molar-refractivity contribution in [3.8, 4) is 0 Å². The number of Topliss-reactive ketones (excluding diaryl/α,β-unsaturated/α-hetero) is 1. The van der Waals surface area contributed by atoms with E-state index in [9.17, 15) is 19.2 Å².